The van der Waals surface area contributed by atoms with Gasteiger partial charge < -0.3 is 14.0 Å². The maximum absolute atomic E-state index is 5.66. The molecule has 0 unspecified atom stereocenters. The third-order valence-electron chi connectivity index (χ3n) is 3.42. The first kappa shape index (κ1) is 12.5. The van der Waals surface area contributed by atoms with Crippen molar-refractivity contribution in [2.75, 3.05) is 13.2 Å². The first-order valence-corrected chi connectivity index (χ1v) is 6.96. The maximum atomic E-state index is 5.66. The van der Waals surface area contributed by atoms with Crippen molar-refractivity contribution in [2.45, 2.75) is 13.8 Å². The fraction of sp³-hybridized carbons (Fsp3) is 0.357. The van der Waals surface area contributed by atoms with E-state index in [0.29, 0.717) is 13.2 Å². The number of ether oxygens (including phenoxy) is 2. The summed E-state index contributed by atoms with van der Waals surface area (Å²) in [5.41, 5.74) is 3.32. The van der Waals surface area contributed by atoms with E-state index < -0.39 is 0 Å². The molecular weight excluding hydrogens is 308 g/mol. The van der Waals surface area contributed by atoms with Crippen LogP contribution in [0.3, 0.4) is 0 Å². The van der Waals surface area contributed by atoms with Gasteiger partial charge in [-0.05, 0) is 47.5 Å². The van der Waals surface area contributed by atoms with E-state index in [1.807, 2.05) is 26.1 Å². The highest BCUT2D eigenvalue weighted by molar-refractivity contribution is 9.10. The number of hydrogen-bond acceptors (Lipinski definition) is 3. The van der Waals surface area contributed by atoms with Gasteiger partial charge >= 0.3 is 0 Å². The summed E-state index contributed by atoms with van der Waals surface area (Å²) in [4.78, 5) is 4.45. The van der Waals surface area contributed by atoms with Crippen molar-refractivity contribution in [3.63, 3.8) is 0 Å². The molecule has 0 spiro atoms. The number of benzene rings is 1. The lowest BCUT2D eigenvalue weighted by Gasteiger charge is -2.20. The second kappa shape index (κ2) is 4.56. The summed E-state index contributed by atoms with van der Waals surface area (Å²) in [6.07, 6.45) is 0. The van der Waals surface area contributed by atoms with Crippen LogP contribution in [0.15, 0.2) is 16.7 Å². The minimum atomic E-state index is 0.598. The predicted molar refractivity (Wildman–Crippen MR) is 76.8 cm³/mol. The van der Waals surface area contributed by atoms with Crippen LogP contribution in [0, 0.1) is 13.8 Å². The van der Waals surface area contributed by atoms with Crippen molar-refractivity contribution < 1.29 is 9.47 Å². The highest BCUT2D eigenvalue weighted by Gasteiger charge is 2.19. The normalized spacial score (nSPS) is 13.7. The van der Waals surface area contributed by atoms with Gasteiger partial charge in [0.2, 0.25) is 0 Å². The molecular formula is C14H15BrN2O2. The highest BCUT2D eigenvalue weighted by Crippen LogP contribution is 2.39. The van der Waals surface area contributed by atoms with Crippen LogP contribution in [0.4, 0.5) is 0 Å². The maximum Gasteiger partial charge on any atom is 0.162 e. The summed E-state index contributed by atoms with van der Waals surface area (Å²) in [6.45, 7) is 5.27. The van der Waals surface area contributed by atoms with Gasteiger partial charge in [0.05, 0.1) is 5.69 Å². The van der Waals surface area contributed by atoms with Crippen molar-refractivity contribution in [3.8, 4) is 22.8 Å². The fourth-order valence-electron chi connectivity index (χ4n) is 2.31. The summed E-state index contributed by atoms with van der Waals surface area (Å²) in [6, 6.07) is 4.06. The summed E-state index contributed by atoms with van der Waals surface area (Å²) in [5.74, 6) is 2.59. The van der Waals surface area contributed by atoms with Crippen LogP contribution >= 0.6 is 15.9 Å². The Bertz CT molecular complexity index is 649. The van der Waals surface area contributed by atoms with Gasteiger partial charge in [0.25, 0.3) is 0 Å². The number of imidazole rings is 1. The Balaban J connectivity index is 2.20. The molecule has 0 saturated heterocycles. The molecule has 0 radical (unpaired) electrons. The molecule has 3 rings (SSSR count). The summed E-state index contributed by atoms with van der Waals surface area (Å²) >= 11 is 3.53. The van der Waals surface area contributed by atoms with Crippen LogP contribution in [0.1, 0.15) is 11.4 Å². The smallest absolute Gasteiger partial charge is 0.162 e. The summed E-state index contributed by atoms with van der Waals surface area (Å²) < 4.78 is 14.2. The lowest BCUT2D eigenvalue weighted by atomic mass is 10.0. The largest absolute Gasteiger partial charge is 0.486 e. The molecule has 4 nitrogen and oxygen atoms in total. The molecule has 0 atom stereocenters. The number of halogens is 1. The van der Waals surface area contributed by atoms with Gasteiger partial charge in [-0.2, -0.15) is 0 Å². The van der Waals surface area contributed by atoms with E-state index in [0.717, 1.165) is 38.7 Å². The Hall–Kier alpha value is -1.49. The summed E-state index contributed by atoms with van der Waals surface area (Å²) in [5, 5.41) is 0. The van der Waals surface area contributed by atoms with Crippen LogP contribution in [-0.2, 0) is 7.05 Å². The average molecular weight is 323 g/mol. The van der Waals surface area contributed by atoms with Crippen molar-refractivity contribution in [1.29, 1.82) is 0 Å². The number of rotatable bonds is 1. The molecule has 1 aromatic carbocycles. The van der Waals surface area contributed by atoms with Crippen molar-refractivity contribution >= 4 is 15.9 Å². The van der Waals surface area contributed by atoms with Crippen LogP contribution < -0.4 is 9.47 Å². The van der Waals surface area contributed by atoms with Crippen LogP contribution in [0.2, 0.25) is 0 Å². The Morgan fingerprint density at radius 3 is 2.37 bits per heavy atom. The molecule has 5 heteroatoms. The first-order chi connectivity index (χ1) is 9.08. The molecule has 0 aliphatic carbocycles. The standard InChI is InChI=1S/C14H15BrN2O2/c1-8-6-11-12(19-5-4-18-11)7-10(8)13-14(15)16-9(2)17(13)3/h6-7H,4-5H2,1-3H3. The Labute approximate surface area is 120 Å². The van der Waals surface area contributed by atoms with E-state index in [4.69, 9.17) is 9.47 Å². The van der Waals surface area contributed by atoms with Gasteiger partial charge in [-0.25, -0.2) is 4.98 Å². The van der Waals surface area contributed by atoms with E-state index in [-0.39, 0.29) is 0 Å². The van der Waals surface area contributed by atoms with Crippen LogP contribution in [0.25, 0.3) is 11.3 Å². The van der Waals surface area contributed by atoms with Crippen LogP contribution in [0.5, 0.6) is 11.5 Å². The Morgan fingerprint density at radius 2 is 1.79 bits per heavy atom. The number of aryl methyl sites for hydroxylation is 2. The predicted octanol–water partition coefficient (Wildman–Crippen LogP) is 3.24. The second-order valence-corrected chi connectivity index (χ2v) is 5.42. The second-order valence-electron chi connectivity index (χ2n) is 4.67. The molecule has 0 bridgehead atoms. The molecule has 0 N–H and O–H groups in total. The molecule has 0 amide bonds. The third kappa shape index (κ3) is 2.02. The van der Waals surface area contributed by atoms with Gasteiger partial charge in [-0.15, -0.1) is 0 Å². The zero-order valence-electron chi connectivity index (χ0n) is 11.2. The van der Waals surface area contributed by atoms with Gasteiger partial charge in [0.15, 0.2) is 11.5 Å². The fourth-order valence-corrected chi connectivity index (χ4v) is 3.04. The zero-order chi connectivity index (χ0) is 13.6. The van der Waals surface area contributed by atoms with Crippen molar-refractivity contribution in [1.82, 2.24) is 9.55 Å². The number of hydrogen-bond donors (Lipinski definition) is 0. The average Bonchev–Trinajstić information content (AvgIpc) is 2.63. The number of nitrogens with zero attached hydrogens (tertiary/aromatic N) is 2. The molecule has 1 aliphatic rings. The molecule has 0 fully saturated rings. The van der Waals surface area contributed by atoms with E-state index >= 15 is 0 Å². The molecule has 0 saturated carbocycles. The van der Waals surface area contributed by atoms with Crippen molar-refractivity contribution in [3.05, 3.63) is 28.1 Å². The molecule has 1 aliphatic heterocycles. The Kier molecular flexibility index (Phi) is 3.01. The van der Waals surface area contributed by atoms with Gasteiger partial charge in [0.1, 0.15) is 23.6 Å². The number of aromatic nitrogens is 2. The number of fused-ring (bicyclic) bond motifs is 1. The molecule has 19 heavy (non-hydrogen) atoms. The van der Waals surface area contributed by atoms with Gasteiger partial charge in [-0.1, -0.05) is 0 Å². The highest BCUT2D eigenvalue weighted by atomic mass is 79.9. The van der Waals surface area contributed by atoms with E-state index in [1.54, 1.807) is 0 Å². The molecule has 100 valence electrons. The van der Waals surface area contributed by atoms with Gasteiger partial charge in [-0.3, -0.25) is 0 Å². The minimum absolute atomic E-state index is 0.598. The van der Waals surface area contributed by atoms with Gasteiger partial charge in [0, 0.05) is 12.6 Å². The van der Waals surface area contributed by atoms with Crippen molar-refractivity contribution in [2.24, 2.45) is 7.05 Å². The Morgan fingerprint density at radius 1 is 1.16 bits per heavy atom. The van der Waals surface area contributed by atoms with E-state index in [9.17, 15) is 0 Å². The topological polar surface area (TPSA) is 36.3 Å². The quantitative estimate of drug-likeness (QED) is 0.808. The van der Waals surface area contributed by atoms with E-state index in [1.165, 1.54) is 0 Å². The molecule has 2 heterocycles. The van der Waals surface area contributed by atoms with Crippen LogP contribution in [-0.4, -0.2) is 22.8 Å². The summed E-state index contributed by atoms with van der Waals surface area (Å²) in [7, 11) is 2.01. The lowest BCUT2D eigenvalue weighted by Crippen LogP contribution is -2.15. The van der Waals surface area contributed by atoms with E-state index in [2.05, 4.69) is 32.4 Å². The molecule has 1 aromatic heterocycles. The molecule has 2 aromatic rings. The lowest BCUT2D eigenvalue weighted by molar-refractivity contribution is 0.171. The first-order valence-electron chi connectivity index (χ1n) is 6.17. The zero-order valence-corrected chi connectivity index (χ0v) is 12.7. The SMILES string of the molecule is Cc1cc2c(cc1-c1c(Br)nc(C)n1C)OCCO2. The third-order valence-corrected chi connectivity index (χ3v) is 3.97. The monoisotopic (exact) mass is 322 g/mol. The minimum Gasteiger partial charge on any atom is -0.486 e.